The molecule has 0 atom stereocenters. The van der Waals surface area contributed by atoms with E-state index in [2.05, 4.69) is 0 Å². The van der Waals surface area contributed by atoms with Crippen molar-refractivity contribution in [2.75, 3.05) is 0 Å². The summed E-state index contributed by atoms with van der Waals surface area (Å²) >= 11 is 0. The number of phenolic OH excluding ortho intramolecular Hbond substituents is 1. The molecule has 1 aromatic carbocycles. The first-order chi connectivity index (χ1) is 6.24. The van der Waals surface area contributed by atoms with Crippen molar-refractivity contribution in [2.45, 2.75) is 12.8 Å². The molecule has 0 aliphatic heterocycles. The molecule has 0 unspecified atom stereocenters. The van der Waals surface area contributed by atoms with E-state index in [9.17, 15) is 9.90 Å². The molecule has 1 aliphatic carbocycles. The van der Waals surface area contributed by atoms with Crippen molar-refractivity contribution in [2.24, 2.45) is 0 Å². The Labute approximate surface area is 75.2 Å². The number of aromatic hydroxyl groups is 1. The second-order valence-electron chi connectivity index (χ2n) is 3.02. The number of nitriles is 1. The van der Waals surface area contributed by atoms with Gasteiger partial charge >= 0.3 is 0 Å². The summed E-state index contributed by atoms with van der Waals surface area (Å²) in [6.07, 6.45) is 0.979. The quantitative estimate of drug-likeness (QED) is 0.644. The molecule has 1 aliphatic rings. The van der Waals surface area contributed by atoms with Crippen molar-refractivity contribution in [3.63, 3.8) is 0 Å². The van der Waals surface area contributed by atoms with E-state index in [1.165, 1.54) is 6.07 Å². The molecule has 0 spiro atoms. The molecule has 64 valence electrons. The smallest absolute Gasteiger partial charge is 0.167 e. The van der Waals surface area contributed by atoms with Crippen LogP contribution >= 0.6 is 0 Å². The first-order valence-electron chi connectivity index (χ1n) is 4.02. The normalized spacial score (nSPS) is 13.9. The molecule has 0 saturated heterocycles. The van der Waals surface area contributed by atoms with Crippen LogP contribution in [-0.2, 0) is 6.42 Å². The molecule has 0 radical (unpaired) electrons. The number of carbonyl (C=O) groups is 1. The average Bonchev–Trinajstić information content (AvgIpc) is 2.50. The summed E-state index contributed by atoms with van der Waals surface area (Å²) in [7, 11) is 0. The largest absolute Gasteiger partial charge is 0.507 e. The summed E-state index contributed by atoms with van der Waals surface area (Å²) in [5.74, 6) is -0.0684. The van der Waals surface area contributed by atoms with E-state index in [4.69, 9.17) is 5.26 Å². The third-order valence-corrected chi connectivity index (χ3v) is 2.29. The Morgan fingerprint density at radius 2 is 2.15 bits per heavy atom. The third kappa shape index (κ3) is 0.994. The molecule has 2 rings (SSSR count). The van der Waals surface area contributed by atoms with Gasteiger partial charge in [0, 0.05) is 6.42 Å². The summed E-state index contributed by atoms with van der Waals surface area (Å²) in [5, 5.41) is 18.1. The molecule has 0 bridgehead atoms. The Morgan fingerprint density at radius 1 is 1.38 bits per heavy atom. The van der Waals surface area contributed by atoms with Crippen molar-refractivity contribution >= 4 is 5.78 Å². The highest BCUT2D eigenvalue weighted by atomic mass is 16.3. The number of nitrogens with zero attached hydrogens (tertiary/aromatic N) is 1. The molecule has 0 saturated carbocycles. The van der Waals surface area contributed by atoms with Crippen molar-refractivity contribution in [1.29, 1.82) is 5.26 Å². The first kappa shape index (κ1) is 7.81. The number of ketones is 1. The Morgan fingerprint density at radius 3 is 2.85 bits per heavy atom. The van der Waals surface area contributed by atoms with Gasteiger partial charge in [-0.15, -0.1) is 0 Å². The number of hydrogen-bond acceptors (Lipinski definition) is 3. The van der Waals surface area contributed by atoms with Crippen LogP contribution in [0.2, 0.25) is 0 Å². The Bertz CT molecular complexity index is 429. The molecule has 13 heavy (non-hydrogen) atoms. The van der Waals surface area contributed by atoms with Gasteiger partial charge in [-0.2, -0.15) is 5.26 Å². The van der Waals surface area contributed by atoms with Crippen LogP contribution in [0.25, 0.3) is 0 Å². The standard InChI is InChI=1S/C10H7NO2/c11-5-6-1-3-8(12)10-7(6)2-4-9(10)13/h1,3,12H,2,4H2. The Hall–Kier alpha value is -1.82. The van der Waals surface area contributed by atoms with Crippen molar-refractivity contribution in [1.82, 2.24) is 0 Å². The molecule has 0 fully saturated rings. The molecule has 1 aromatic rings. The highest BCUT2D eigenvalue weighted by molar-refractivity contribution is 6.03. The van der Waals surface area contributed by atoms with Gasteiger partial charge in [0.2, 0.25) is 0 Å². The van der Waals surface area contributed by atoms with Crippen molar-refractivity contribution < 1.29 is 9.90 Å². The highest BCUT2D eigenvalue weighted by Gasteiger charge is 2.25. The summed E-state index contributed by atoms with van der Waals surface area (Å²) in [6.45, 7) is 0. The van der Waals surface area contributed by atoms with Gasteiger partial charge in [-0.05, 0) is 24.1 Å². The number of Topliss-reactive ketones (excluding diaryl/α,β-unsaturated/α-hetero) is 1. The number of benzene rings is 1. The van der Waals surface area contributed by atoms with Crippen LogP contribution in [-0.4, -0.2) is 10.9 Å². The predicted molar refractivity (Wildman–Crippen MR) is 45.5 cm³/mol. The van der Waals surface area contributed by atoms with E-state index in [-0.39, 0.29) is 11.5 Å². The SMILES string of the molecule is N#Cc1ccc(O)c2c1CCC2=O. The Kier molecular flexibility index (Phi) is 1.56. The molecule has 1 N–H and O–H groups in total. The minimum absolute atomic E-state index is 0.00324. The summed E-state index contributed by atoms with van der Waals surface area (Å²) < 4.78 is 0. The lowest BCUT2D eigenvalue weighted by Gasteiger charge is -2.01. The van der Waals surface area contributed by atoms with Gasteiger partial charge in [0.15, 0.2) is 5.78 Å². The lowest BCUT2D eigenvalue weighted by Crippen LogP contribution is -1.93. The summed E-state index contributed by atoms with van der Waals surface area (Å²) in [4.78, 5) is 11.3. The van der Waals surface area contributed by atoms with E-state index in [1.54, 1.807) is 6.07 Å². The van der Waals surface area contributed by atoms with Crippen molar-refractivity contribution in [3.05, 3.63) is 28.8 Å². The lowest BCUT2D eigenvalue weighted by molar-refractivity contribution is 0.0992. The monoisotopic (exact) mass is 173 g/mol. The van der Waals surface area contributed by atoms with Crippen LogP contribution in [0.5, 0.6) is 5.75 Å². The van der Waals surface area contributed by atoms with Crippen LogP contribution in [0.1, 0.15) is 27.9 Å². The van der Waals surface area contributed by atoms with E-state index < -0.39 is 0 Å². The van der Waals surface area contributed by atoms with Gasteiger partial charge in [-0.1, -0.05) is 0 Å². The number of fused-ring (bicyclic) bond motifs is 1. The van der Waals surface area contributed by atoms with Gasteiger partial charge in [-0.3, -0.25) is 4.79 Å². The van der Waals surface area contributed by atoms with E-state index in [0.717, 1.165) is 0 Å². The molecule has 0 amide bonds. The zero-order valence-corrected chi connectivity index (χ0v) is 6.87. The summed E-state index contributed by atoms with van der Waals surface area (Å²) in [6, 6.07) is 4.96. The van der Waals surface area contributed by atoms with E-state index in [0.29, 0.717) is 29.5 Å². The van der Waals surface area contributed by atoms with E-state index in [1.807, 2.05) is 6.07 Å². The molecule has 3 nitrogen and oxygen atoms in total. The molecular weight excluding hydrogens is 166 g/mol. The fourth-order valence-electron chi connectivity index (χ4n) is 1.67. The van der Waals surface area contributed by atoms with Crippen LogP contribution in [0.15, 0.2) is 12.1 Å². The van der Waals surface area contributed by atoms with Crippen LogP contribution < -0.4 is 0 Å². The van der Waals surface area contributed by atoms with Gasteiger partial charge in [0.25, 0.3) is 0 Å². The van der Waals surface area contributed by atoms with Crippen LogP contribution in [0.3, 0.4) is 0 Å². The van der Waals surface area contributed by atoms with Crippen LogP contribution in [0, 0.1) is 11.3 Å². The van der Waals surface area contributed by atoms with Gasteiger partial charge in [0.05, 0.1) is 17.2 Å². The molecule has 0 heterocycles. The maximum atomic E-state index is 11.3. The zero-order valence-electron chi connectivity index (χ0n) is 6.87. The molecule has 3 heteroatoms. The van der Waals surface area contributed by atoms with Gasteiger partial charge in [-0.25, -0.2) is 0 Å². The second kappa shape index (κ2) is 2.60. The number of carbonyl (C=O) groups excluding carboxylic acids is 1. The van der Waals surface area contributed by atoms with Crippen molar-refractivity contribution in [3.8, 4) is 11.8 Å². The van der Waals surface area contributed by atoms with Crippen LogP contribution in [0.4, 0.5) is 0 Å². The zero-order chi connectivity index (χ0) is 9.42. The topological polar surface area (TPSA) is 61.1 Å². The fourth-order valence-corrected chi connectivity index (χ4v) is 1.67. The Balaban J connectivity index is 2.74. The molecule has 0 aromatic heterocycles. The minimum atomic E-state index is -0.0652. The van der Waals surface area contributed by atoms with E-state index >= 15 is 0 Å². The average molecular weight is 173 g/mol. The highest BCUT2D eigenvalue weighted by Crippen LogP contribution is 2.31. The lowest BCUT2D eigenvalue weighted by atomic mass is 10.0. The maximum absolute atomic E-state index is 11.3. The first-order valence-corrected chi connectivity index (χ1v) is 4.02. The fraction of sp³-hybridized carbons (Fsp3) is 0.200. The summed E-state index contributed by atoms with van der Waals surface area (Å²) in [5.41, 5.74) is 1.55. The third-order valence-electron chi connectivity index (χ3n) is 2.29. The maximum Gasteiger partial charge on any atom is 0.167 e. The predicted octanol–water partition coefficient (Wildman–Crippen LogP) is 1.39. The van der Waals surface area contributed by atoms with Gasteiger partial charge in [0.1, 0.15) is 5.75 Å². The number of rotatable bonds is 0. The molecular formula is C10H7NO2. The number of phenols is 1. The second-order valence-corrected chi connectivity index (χ2v) is 3.02. The minimum Gasteiger partial charge on any atom is -0.507 e. The number of hydrogen-bond donors (Lipinski definition) is 1. The van der Waals surface area contributed by atoms with Gasteiger partial charge < -0.3 is 5.11 Å².